The zero-order chi connectivity index (χ0) is 21.8. The summed E-state index contributed by atoms with van der Waals surface area (Å²) in [6.07, 6.45) is 1.08. The molecule has 1 fully saturated rings. The smallest absolute Gasteiger partial charge is 0.270 e. The van der Waals surface area contributed by atoms with Crippen LogP contribution in [0.25, 0.3) is 0 Å². The molecule has 8 nitrogen and oxygen atoms in total. The van der Waals surface area contributed by atoms with E-state index in [1.165, 1.54) is 0 Å². The van der Waals surface area contributed by atoms with Gasteiger partial charge in [0.15, 0.2) is 0 Å². The van der Waals surface area contributed by atoms with Crippen LogP contribution in [0, 0.1) is 0 Å². The van der Waals surface area contributed by atoms with Crippen LogP contribution in [-0.4, -0.2) is 61.8 Å². The largest absolute Gasteiger partial charge is 0.497 e. The minimum absolute atomic E-state index is 0.124. The van der Waals surface area contributed by atoms with E-state index >= 15 is 0 Å². The number of rotatable bonds is 5. The van der Waals surface area contributed by atoms with Gasteiger partial charge >= 0.3 is 0 Å². The number of carbonyl (C=O) groups excluding carboxylic acids is 2. The molecule has 1 unspecified atom stereocenters. The predicted octanol–water partition coefficient (Wildman–Crippen LogP) is 1.85. The van der Waals surface area contributed by atoms with Crippen molar-refractivity contribution < 1.29 is 14.3 Å². The van der Waals surface area contributed by atoms with E-state index in [0.717, 1.165) is 36.6 Å². The first-order valence-corrected chi connectivity index (χ1v) is 10.5. The highest BCUT2D eigenvalue weighted by atomic mass is 16.5. The molecule has 2 aromatic carbocycles. The fraction of sp³-hybridized carbons (Fsp3) is 0.348. The third kappa shape index (κ3) is 4.47. The van der Waals surface area contributed by atoms with Crippen LogP contribution in [0.4, 0.5) is 11.4 Å². The number of hydrazone groups is 1. The maximum Gasteiger partial charge on any atom is 0.270 e. The molecule has 1 atom stereocenters. The summed E-state index contributed by atoms with van der Waals surface area (Å²) in [5.41, 5.74) is 7.83. The normalized spacial score (nSPS) is 19.1. The number of amides is 2. The lowest BCUT2D eigenvalue weighted by atomic mass is 10.1. The molecule has 1 saturated heterocycles. The van der Waals surface area contributed by atoms with Gasteiger partial charge in [-0.2, -0.15) is 5.10 Å². The molecule has 0 bridgehead atoms. The first-order valence-electron chi connectivity index (χ1n) is 10.5. The number of methoxy groups -OCH3 is 1. The summed E-state index contributed by atoms with van der Waals surface area (Å²) in [4.78, 5) is 29.3. The molecule has 2 aromatic rings. The van der Waals surface area contributed by atoms with E-state index in [1.807, 2.05) is 59.5 Å². The van der Waals surface area contributed by atoms with Crippen molar-refractivity contribution in [2.75, 3.05) is 43.2 Å². The molecule has 0 spiro atoms. The van der Waals surface area contributed by atoms with Crippen LogP contribution in [-0.2, 0) is 9.59 Å². The Morgan fingerprint density at radius 2 is 1.71 bits per heavy atom. The number of nitrogens with two attached hydrogens (primary N) is 1. The van der Waals surface area contributed by atoms with E-state index in [9.17, 15) is 9.59 Å². The number of anilines is 2. The Morgan fingerprint density at radius 3 is 2.39 bits per heavy atom. The summed E-state index contributed by atoms with van der Waals surface area (Å²) in [6.45, 7) is 2.84. The van der Waals surface area contributed by atoms with E-state index in [-0.39, 0.29) is 12.3 Å². The minimum Gasteiger partial charge on any atom is -0.497 e. The second kappa shape index (κ2) is 9.07. The topological polar surface area (TPSA) is 91.5 Å². The van der Waals surface area contributed by atoms with Gasteiger partial charge < -0.3 is 20.3 Å². The molecule has 2 amide bonds. The monoisotopic (exact) mass is 421 g/mol. The van der Waals surface area contributed by atoms with Gasteiger partial charge in [0.25, 0.3) is 5.91 Å². The number of hydrogen-bond donors (Lipinski definition) is 1. The third-order valence-corrected chi connectivity index (χ3v) is 5.73. The number of hydrogen-bond acceptors (Lipinski definition) is 6. The molecule has 2 heterocycles. The SMILES string of the molecule is COc1ccc(N2CCCN(C(=O)C3=NN(c4ccccc4)C(C(N)=O)C3)CC2)cc1. The molecule has 162 valence electrons. The molecule has 2 N–H and O–H groups in total. The third-order valence-electron chi connectivity index (χ3n) is 5.73. The standard InChI is InChI=1S/C23H27N5O3/c1-31-19-10-8-17(9-11-19)26-12-5-13-27(15-14-26)23(30)20-16-21(22(24)29)28(25-20)18-6-3-2-4-7-18/h2-4,6-11,21H,5,12-16H2,1H3,(H2,24,29). The van der Waals surface area contributed by atoms with Crippen molar-refractivity contribution in [1.82, 2.24) is 4.90 Å². The summed E-state index contributed by atoms with van der Waals surface area (Å²) in [5, 5.41) is 6.06. The summed E-state index contributed by atoms with van der Waals surface area (Å²) in [7, 11) is 1.65. The van der Waals surface area contributed by atoms with Gasteiger partial charge in [-0.15, -0.1) is 0 Å². The molecule has 31 heavy (non-hydrogen) atoms. The van der Waals surface area contributed by atoms with Crippen LogP contribution < -0.4 is 20.4 Å². The predicted molar refractivity (Wildman–Crippen MR) is 120 cm³/mol. The Morgan fingerprint density at radius 1 is 0.968 bits per heavy atom. The molecule has 2 aliphatic heterocycles. The molecule has 4 rings (SSSR count). The van der Waals surface area contributed by atoms with Crippen LogP contribution in [0.3, 0.4) is 0 Å². The van der Waals surface area contributed by atoms with Gasteiger partial charge in [0, 0.05) is 38.3 Å². The maximum atomic E-state index is 13.2. The fourth-order valence-corrected chi connectivity index (χ4v) is 4.03. The van der Waals surface area contributed by atoms with Crippen LogP contribution >= 0.6 is 0 Å². The molecular weight excluding hydrogens is 394 g/mol. The zero-order valence-corrected chi connectivity index (χ0v) is 17.6. The lowest BCUT2D eigenvalue weighted by Gasteiger charge is -2.23. The van der Waals surface area contributed by atoms with Crippen molar-refractivity contribution >= 4 is 28.9 Å². The Bertz CT molecular complexity index is 961. The van der Waals surface area contributed by atoms with E-state index < -0.39 is 11.9 Å². The van der Waals surface area contributed by atoms with Crippen LogP contribution in [0.2, 0.25) is 0 Å². The average molecular weight is 422 g/mol. The van der Waals surface area contributed by atoms with Crippen LogP contribution in [0.5, 0.6) is 5.75 Å². The van der Waals surface area contributed by atoms with Gasteiger partial charge in [-0.25, -0.2) is 0 Å². The lowest BCUT2D eigenvalue weighted by molar-refractivity contribution is -0.124. The second-order valence-corrected chi connectivity index (χ2v) is 7.68. The molecule has 8 heteroatoms. The van der Waals surface area contributed by atoms with Crippen LogP contribution in [0.1, 0.15) is 12.8 Å². The van der Waals surface area contributed by atoms with Crippen molar-refractivity contribution in [1.29, 1.82) is 0 Å². The van der Waals surface area contributed by atoms with Gasteiger partial charge in [0.2, 0.25) is 5.91 Å². The van der Waals surface area contributed by atoms with Gasteiger partial charge in [0.1, 0.15) is 17.5 Å². The molecule has 0 saturated carbocycles. The fourth-order valence-electron chi connectivity index (χ4n) is 4.03. The van der Waals surface area contributed by atoms with Gasteiger partial charge in [-0.05, 0) is 42.8 Å². The lowest BCUT2D eigenvalue weighted by Crippen LogP contribution is -2.41. The Hall–Kier alpha value is -3.55. The highest BCUT2D eigenvalue weighted by Gasteiger charge is 2.36. The maximum absolute atomic E-state index is 13.2. The first kappa shape index (κ1) is 20.7. The highest BCUT2D eigenvalue weighted by Crippen LogP contribution is 2.25. The quantitative estimate of drug-likeness (QED) is 0.796. The van der Waals surface area contributed by atoms with Crippen LogP contribution in [0.15, 0.2) is 59.7 Å². The Balaban J connectivity index is 1.46. The first-order chi connectivity index (χ1) is 15.1. The van der Waals surface area contributed by atoms with Gasteiger partial charge in [0.05, 0.1) is 12.8 Å². The van der Waals surface area contributed by atoms with Crippen molar-refractivity contribution in [3.05, 3.63) is 54.6 Å². The molecule has 2 aliphatic rings. The summed E-state index contributed by atoms with van der Waals surface area (Å²) in [5.74, 6) is 0.208. The van der Waals surface area contributed by atoms with Gasteiger partial charge in [-0.1, -0.05) is 18.2 Å². The average Bonchev–Trinajstić information content (AvgIpc) is 3.11. The van der Waals surface area contributed by atoms with Crippen molar-refractivity contribution in [3.63, 3.8) is 0 Å². The number of para-hydroxylation sites is 1. The molecule has 0 aromatic heterocycles. The van der Waals surface area contributed by atoms with E-state index in [0.29, 0.717) is 18.8 Å². The summed E-state index contributed by atoms with van der Waals surface area (Å²) in [6, 6.07) is 16.6. The molecule has 0 aliphatic carbocycles. The molecular formula is C23H27N5O3. The number of carbonyl (C=O) groups is 2. The second-order valence-electron chi connectivity index (χ2n) is 7.68. The van der Waals surface area contributed by atoms with E-state index in [2.05, 4.69) is 10.0 Å². The number of ether oxygens (including phenoxy) is 1. The summed E-state index contributed by atoms with van der Waals surface area (Å²) >= 11 is 0. The highest BCUT2D eigenvalue weighted by molar-refractivity contribution is 6.40. The van der Waals surface area contributed by atoms with E-state index in [1.54, 1.807) is 12.1 Å². The summed E-state index contributed by atoms with van der Waals surface area (Å²) < 4.78 is 5.23. The van der Waals surface area contributed by atoms with Gasteiger partial charge in [-0.3, -0.25) is 14.6 Å². The number of primary amides is 1. The Labute approximate surface area is 181 Å². The minimum atomic E-state index is -0.649. The molecule has 0 radical (unpaired) electrons. The van der Waals surface area contributed by atoms with Crippen molar-refractivity contribution in [2.24, 2.45) is 10.8 Å². The number of benzene rings is 2. The zero-order valence-electron chi connectivity index (χ0n) is 17.6. The van der Waals surface area contributed by atoms with Crippen molar-refractivity contribution in [3.8, 4) is 5.75 Å². The van der Waals surface area contributed by atoms with E-state index in [4.69, 9.17) is 10.5 Å². The Kier molecular flexibility index (Phi) is 6.06. The van der Waals surface area contributed by atoms with Crippen molar-refractivity contribution in [2.45, 2.75) is 18.9 Å². The number of nitrogens with zero attached hydrogens (tertiary/aromatic N) is 4.